The van der Waals surface area contributed by atoms with Gasteiger partial charge in [0.05, 0.1) is 0 Å². The van der Waals surface area contributed by atoms with Crippen LogP contribution in [0.3, 0.4) is 0 Å². The van der Waals surface area contributed by atoms with Gasteiger partial charge < -0.3 is 5.21 Å². The molecule has 0 aliphatic carbocycles. The molecule has 1 N–H and O–H groups in total. The molecule has 0 saturated carbocycles. The van der Waals surface area contributed by atoms with E-state index in [4.69, 9.17) is 5.21 Å². The maximum absolute atomic E-state index is 8.86. The second kappa shape index (κ2) is 10.0. The lowest BCUT2D eigenvalue weighted by molar-refractivity contribution is -0.0655. The molecular formula is C11H25NO. The van der Waals surface area contributed by atoms with Gasteiger partial charge in [0, 0.05) is 13.6 Å². The van der Waals surface area contributed by atoms with E-state index < -0.39 is 0 Å². The average Bonchev–Trinajstić information content (AvgIpc) is 2.09. The Bertz CT molecular complexity index is 94.1. The topological polar surface area (TPSA) is 23.5 Å². The first kappa shape index (κ1) is 12.9. The van der Waals surface area contributed by atoms with Crippen LogP contribution < -0.4 is 0 Å². The molecule has 0 unspecified atom stereocenters. The van der Waals surface area contributed by atoms with Crippen molar-refractivity contribution < 1.29 is 5.21 Å². The molecule has 0 amide bonds. The summed E-state index contributed by atoms with van der Waals surface area (Å²) in [5.41, 5.74) is 0. The third kappa shape index (κ3) is 11.9. The molecule has 0 aliphatic heterocycles. The molecule has 0 fully saturated rings. The Kier molecular flexibility index (Phi) is 9.94. The third-order valence-electron chi connectivity index (χ3n) is 2.34. The monoisotopic (exact) mass is 187 g/mol. The van der Waals surface area contributed by atoms with E-state index in [-0.39, 0.29) is 0 Å². The van der Waals surface area contributed by atoms with Gasteiger partial charge in [-0.15, -0.1) is 0 Å². The van der Waals surface area contributed by atoms with Crippen molar-refractivity contribution in [2.75, 3.05) is 13.6 Å². The van der Waals surface area contributed by atoms with Gasteiger partial charge in [-0.1, -0.05) is 51.9 Å². The zero-order valence-electron chi connectivity index (χ0n) is 9.26. The average molecular weight is 187 g/mol. The van der Waals surface area contributed by atoms with Crippen molar-refractivity contribution in [1.29, 1.82) is 0 Å². The molecule has 0 aromatic heterocycles. The fraction of sp³-hybridized carbons (Fsp3) is 1.00. The van der Waals surface area contributed by atoms with Crippen molar-refractivity contribution in [3.8, 4) is 0 Å². The summed E-state index contributed by atoms with van der Waals surface area (Å²) in [5.74, 6) is 0. The maximum atomic E-state index is 8.86. The first-order valence-corrected chi connectivity index (χ1v) is 5.67. The molecule has 2 nitrogen and oxygen atoms in total. The molecule has 0 aromatic carbocycles. The van der Waals surface area contributed by atoms with Crippen LogP contribution >= 0.6 is 0 Å². The minimum Gasteiger partial charge on any atom is -0.314 e. The Morgan fingerprint density at radius 2 is 1.31 bits per heavy atom. The molecule has 0 aromatic rings. The summed E-state index contributed by atoms with van der Waals surface area (Å²) in [4.78, 5) is 0. The highest BCUT2D eigenvalue weighted by molar-refractivity contribution is 4.46. The predicted molar refractivity (Wildman–Crippen MR) is 57.0 cm³/mol. The van der Waals surface area contributed by atoms with E-state index in [0.717, 1.165) is 13.0 Å². The summed E-state index contributed by atoms with van der Waals surface area (Å²) in [6.45, 7) is 3.06. The van der Waals surface area contributed by atoms with E-state index >= 15 is 0 Å². The number of hydrogen-bond acceptors (Lipinski definition) is 2. The zero-order valence-corrected chi connectivity index (χ0v) is 9.26. The predicted octanol–water partition coefficient (Wildman–Crippen LogP) is 3.45. The van der Waals surface area contributed by atoms with Crippen LogP contribution in [0.2, 0.25) is 0 Å². The minimum absolute atomic E-state index is 0.814. The zero-order chi connectivity index (χ0) is 9.94. The molecule has 0 radical (unpaired) electrons. The molecule has 0 spiro atoms. The van der Waals surface area contributed by atoms with Crippen LogP contribution in [-0.2, 0) is 0 Å². The largest absolute Gasteiger partial charge is 0.314 e. The molecule has 0 bridgehead atoms. The molecule has 2 heteroatoms. The van der Waals surface area contributed by atoms with E-state index in [0.29, 0.717) is 0 Å². The number of hydrogen-bond donors (Lipinski definition) is 1. The number of rotatable bonds is 9. The Hall–Kier alpha value is -0.0800. The van der Waals surface area contributed by atoms with Gasteiger partial charge in [0.2, 0.25) is 0 Å². The standard InChI is InChI=1S/C11H25NO/c1-3-4-5-6-7-8-9-10-11-12(2)13/h13H,3-11H2,1-2H3. The van der Waals surface area contributed by atoms with Gasteiger partial charge in [0.25, 0.3) is 0 Å². The molecule has 13 heavy (non-hydrogen) atoms. The van der Waals surface area contributed by atoms with Crippen LogP contribution in [0.15, 0.2) is 0 Å². The third-order valence-corrected chi connectivity index (χ3v) is 2.34. The van der Waals surface area contributed by atoms with Crippen molar-refractivity contribution in [2.45, 2.75) is 58.3 Å². The van der Waals surface area contributed by atoms with Crippen LogP contribution in [0.5, 0.6) is 0 Å². The molecule has 0 aliphatic rings. The van der Waals surface area contributed by atoms with Crippen LogP contribution in [0.4, 0.5) is 0 Å². The van der Waals surface area contributed by atoms with Crippen molar-refractivity contribution in [3.05, 3.63) is 0 Å². The first-order chi connectivity index (χ1) is 6.27. The quantitative estimate of drug-likeness (QED) is 0.441. The van der Waals surface area contributed by atoms with Gasteiger partial charge in [0.1, 0.15) is 0 Å². The lowest BCUT2D eigenvalue weighted by atomic mass is 10.1. The fourth-order valence-electron chi connectivity index (χ4n) is 1.47. The molecule has 0 rings (SSSR count). The van der Waals surface area contributed by atoms with Crippen LogP contribution in [0.25, 0.3) is 0 Å². The number of hydroxylamine groups is 2. The van der Waals surface area contributed by atoms with E-state index in [1.807, 2.05) is 0 Å². The van der Waals surface area contributed by atoms with Crippen LogP contribution in [-0.4, -0.2) is 23.9 Å². The van der Waals surface area contributed by atoms with Crippen molar-refractivity contribution in [1.82, 2.24) is 5.06 Å². The first-order valence-electron chi connectivity index (χ1n) is 5.67. The Morgan fingerprint density at radius 1 is 0.846 bits per heavy atom. The van der Waals surface area contributed by atoms with E-state index in [1.54, 1.807) is 7.05 Å². The van der Waals surface area contributed by atoms with Gasteiger partial charge in [0.15, 0.2) is 0 Å². The van der Waals surface area contributed by atoms with Crippen LogP contribution in [0.1, 0.15) is 58.3 Å². The van der Waals surface area contributed by atoms with Gasteiger partial charge in [-0.3, -0.25) is 0 Å². The van der Waals surface area contributed by atoms with Crippen LogP contribution in [0, 0.1) is 0 Å². The highest BCUT2D eigenvalue weighted by Gasteiger charge is 1.93. The lowest BCUT2D eigenvalue weighted by Crippen LogP contribution is -2.13. The highest BCUT2D eigenvalue weighted by atomic mass is 16.5. The van der Waals surface area contributed by atoms with E-state index in [9.17, 15) is 0 Å². The van der Waals surface area contributed by atoms with Gasteiger partial charge in [-0.05, 0) is 6.42 Å². The molecule has 0 saturated heterocycles. The highest BCUT2D eigenvalue weighted by Crippen LogP contribution is 2.08. The molecular weight excluding hydrogens is 162 g/mol. The van der Waals surface area contributed by atoms with Crippen molar-refractivity contribution >= 4 is 0 Å². The van der Waals surface area contributed by atoms with Crippen molar-refractivity contribution in [2.24, 2.45) is 0 Å². The molecule has 0 atom stereocenters. The SMILES string of the molecule is CCCCCCCCCCN(C)O. The second-order valence-electron chi connectivity index (χ2n) is 3.86. The fourth-order valence-corrected chi connectivity index (χ4v) is 1.47. The molecule has 0 heterocycles. The van der Waals surface area contributed by atoms with Gasteiger partial charge in [-0.2, -0.15) is 5.06 Å². The Labute approximate surface area is 82.9 Å². The summed E-state index contributed by atoms with van der Waals surface area (Å²) in [6, 6.07) is 0. The maximum Gasteiger partial charge on any atom is 0.0235 e. The van der Waals surface area contributed by atoms with E-state index in [1.165, 1.54) is 50.0 Å². The molecule has 80 valence electrons. The minimum atomic E-state index is 0.814. The summed E-state index contributed by atoms with van der Waals surface area (Å²) in [6.07, 6.45) is 10.6. The summed E-state index contributed by atoms with van der Waals surface area (Å²) < 4.78 is 0. The van der Waals surface area contributed by atoms with Crippen molar-refractivity contribution in [3.63, 3.8) is 0 Å². The smallest absolute Gasteiger partial charge is 0.0235 e. The summed E-state index contributed by atoms with van der Waals surface area (Å²) in [5, 5.41) is 10.1. The number of unbranched alkanes of at least 4 members (excludes halogenated alkanes) is 7. The Balaban J connectivity index is 2.84. The normalized spacial score (nSPS) is 11.1. The van der Waals surface area contributed by atoms with E-state index in [2.05, 4.69) is 6.92 Å². The number of nitrogens with zero attached hydrogens (tertiary/aromatic N) is 1. The summed E-state index contributed by atoms with van der Waals surface area (Å²) >= 11 is 0. The van der Waals surface area contributed by atoms with Gasteiger partial charge >= 0.3 is 0 Å². The Morgan fingerprint density at radius 3 is 1.77 bits per heavy atom. The lowest BCUT2D eigenvalue weighted by Gasteiger charge is -2.06. The second-order valence-corrected chi connectivity index (χ2v) is 3.86. The summed E-state index contributed by atoms with van der Waals surface area (Å²) in [7, 11) is 1.71. The van der Waals surface area contributed by atoms with Gasteiger partial charge in [-0.25, -0.2) is 0 Å².